The lowest BCUT2D eigenvalue weighted by Gasteiger charge is -2.48. The number of nitrogens with zero attached hydrogens (tertiary/aromatic N) is 2. The highest BCUT2D eigenvalue weighted by atomic mass is 16.1. The van der Waals surface area contributed by atoms with Gasteiger partial charge in [0.25, 0.3) is 0 Å². The van der Waals surface area contributed by atoms with Crippen LogP contribution in [0.1, 0.15) is 46.0 Å². The predicted octanol–water partition coefficient (Wildman–Crippen LogP) is 2.16. The first-order valence-electron chi connectivity index (χ1n) is 7.37. The number of hydrogen-bond acceptors (Lipinski definition) is 3. The first-order chi connectivity index (χ1) is 8.47. The minimum atomic E-state index is -0.0375. The molecule has 3 heteroatoms. The first kappa shape index (κ1) is 14.0. The summed E-state index contributed by atoms with van der Waals surface area (Å²) in [5.41, 5.74) is 0.196. The van der Waals surface area contributed by atoms with Crippen LogP contribution in [0.3, 0.4) is 0 Å². The normalized spacial score (nSPS) is 29.1. The van der Waals surface area contributed by atoms with Crippen LogP contribution in [0.2, 0.25) is 0 Å². The van der Waals surface area contributed by atoms with Gasteiger partial charge in [-0.3, -0.25) is 9.80 Å². The molecule has 2 rings (SSSR count). The molecule has 0 amide bonds. The van der Waals surface area contributed by atoms with Crippen LogP contribution in [-0.4, -0.2) is 54.9 Å². The Kier molecular flexibility index (Phi) is 4.12. The number of hydrogen-bond donors (Lipinski definition) is 0. The van der Waals surface area contributed by atoms with Gasteiger partial charge in [0.15, 0.2) is 0 Å². The zero-order chi connectivity index (χ0) is 13.2. The van der Waals surface area contributed by atoms with Crippen LogP contribution in [0.25, 0.3) is 0 Å². The summed E-state index contributed by atoms with van der Waals surface area (Å²) >= 11 is 0. The highest BCUT2D eigenvalue weighted by Gasteiger charge is 2.37. The lowest BCUT2D eigenvalue weighted by molar-refractivity contribution is -0.120. The second-order valence-electron chi connectivity index (χ2n) is 6.99. The topological polar surface area (TPSA) is 23.6 Å². The summed E-state index contributed by atoms with van der Waals surface area (Å²) in [5, 5.41) is 0. The Bertz CT molecular complexity index is 295. The van der Waals surface area contributed by atoms with Crippen LogP contribution in [0.15, 0.2) is 0 Å². The van der Waals surface area contributed by atoms with Crippen molar-refractivity contribution in [3.63, 3.8) is 0 Å². The van der Waals surface area contributed by atoms with Crippen molar-refractivity contribution in [2.75, 3.05) is 33.2 Å². The Labute approximate surface area is 112 Å². The van der Waals surface area contributed by atoms with Crippen molar-refractivity contribution in [1.29, 1.82) is 0 Å². The average molecular weight is 252 g/mol. The summed E-state index contributed by atoms with van der Waals surface area (Å²) in [4.78, 5) is 16.5. The fourth-order valence-corrected chi connectivity index (χ4v) is 3.49. The molecule has 1 saturated carbocycles. The molecular weight excluding hydrogens is 224 g/mol. The third-order valence-corrected chi connectivity index (χ3v) is 5.03. The number of piperazine rings is 1. The van der Waals surface area contributed by atoms with Crippen LogP contribution in [0.4, 0.5) is 0 Å². The van der Waals surface area contributed by atoms with Crippen molar-refractivity contribution in [1.82, 2.24) is 9.80 Å². The molecule has 2 aliphatic rings. The first-order valence-corrected chi connectivity index (χ1v) is 7.37. The third kappa shape index (κ3) is 2.94. The van der Waals surface area contributed by atoms with E-state index in [9.17, 15) is 4.79 Å². The molecular formula is C15H28N2O. The summed E-state index contributed by atoms with van der Waals surface area (Å²) in [6.45, 7) is 8.88. The van der Waals surface area contributed by atoms with Crippen LogP contribution >= 0.6 is 0 Å². The van der Waals surface area contributed by atoms with Crippen molar-refractivity contribution in [2.24, 2.45) is 5.41 Å². The molecule has 104 valence electrons. The number of carbonyl (C=O) groups is 1. The smallest absolute Gasteiger partial charge is 0.127 e. The van der Waals surface area contributed by atoms with E-state index < -0.39 is 0 Å². The fraction of sp³-hybridized carbons (Fsp3) is 0.933. The monoisotopic (exact) mass is 252 g/mol. The molecule has 0 aromatic heterocycles. The molecule has 0 radical (unpaired) electrons. The van der Waals surface area contributed by atoms with E-state index in [1.165, 1.54) is 25.5 Å². The van der Waals surface area contributed by atoms with Gasteiger partial charge in [-0.15, -0.1) is 0 Å². The van der Waals surface area contributed by atoms with Crippen molar-refractivity contribution >= 4 is 6.29 Å². The lowest BCUT2D eigenvalue weighted by atomic mass is 9.74. The van der Waals surface area contributed by atoms with Crippen molar-refractivity contribution < 1.29 is 4.79 Å². The van der Waals surface area contributed by atoms with Crippen molar-refractivity contribution in [2.45, 2.75) is 51.5 Å². The molecule has 0 N–H and O–H groups in total. The molecule has 0 aromatic carbocycles. The van der Waals surface area contributed by atoms with E-state index in [0.717, 1.165) is 39.0 Å². The molecule has 2 fully saturated rings. The Balaban J connectivity index is 1.98. The Morgan fingerprint density at radius 3 is 2.33 bits per heavy atom. The van der Waals surface area contributed by atoms with Gasteiger partial charge in [-0.2, -0.15) is 0 Å². The highest BCUT2D eigenvalue weighted by Crippen LogP contribution is 2.36. The van der Waals surface area contributed by atoms with Gasteiger partial charge in [-0.05, 0) is 33.7 Å². The van der Waals surface area contributed by atoms with E-state index in [1.807, 2.05) is 0 Å². The Morgan fingerprint density at radius 2 is 1.78 bits per heavy atom. The van der Waals surface area contributed by atoms with Gasteiger partial charge in [0, 0.05) is 37.1 Å². The quantitative estimate of drug-likeness (QED) is 0.719. The number of likely N-dealkylation sites (N-methyl/N-ethyl adjacent to an activating group) is 1. The maximum atomic E-state index is 11.5. The van der Waals surface area contributed by atoms with E-state index >= 15 is 0 Å². The minimum absolute atomic E-state index is 0.0375. The average Bonchev–Trinajstić information content (AvgIpc) is 2.35. The van der Waals surface area contributed by atoms with Crippen molar-refractivity contribution in [3.05, 3.63) is 0 Å². The Morgan fingerprint density at radius 1 is 1.11 bits per heavy atom. The maximum Gasteiger partial charge on any atom is 0.127 e. The van der Waals surface area contributed by atoms with Crippen LogP contribution in [0, 0.1) is 5.41 Å². The van der Waals surface area contributed by atoms with E-state index in [4.69, 9.17) is 0 Å². The van der Waals surface area contributed by atoms with Crippen LogP contribution < -0.4 is 0 Å². The molecule has 0 aromatic rings. The highest BCUT2D eigenvalue weighted by molar-refractivity contribution is 5.60. The molecule has 0 spiro atoms. The van der Waals surface area contributed by atoms with Gasteiger partial charge in [-0.25, -0.2) is 0 Å². The zero-order valence-electron chi connectivity index (χ0n) is 12.2. The van der Waals surface area contributed by atoms with Gasteiger partial charge in [0.2, 0.25) is 0 Å². The van der Waals surface area contributed by atoms with Gasteiger partial charge in [0.1, 0.15) is 6.29 Å². The molecule has 1 saturated heterocycles. The third-order valence-electron chi connectivity index (χ3n) is 5.03. The molecule has 0 atom stereocenters. The molecule has 1 aliphatic heterocycles. The summed E-state index contributed by atoms with van der Waals surface area (Å²) < 4.78 is 0. The SMILES string of the molecule is CN1CCN(CC2(C=O)CCCCC2)CC1(C)C. The molecule has 0 unspecified atom stereocenters. The summed E-state index contributed by atoms with van der Waals surface area (Å²) in [5.74, 6) is 0. The number of rotatable bonds is 3. The van der Waals surface area contributed by atoms with Gasteiger partial charge >= 0.3 is 0 Å². The minimum Gasteiger partial charge on any atom is -0.303 e. The molecule has 1 heterocycles. The van der Waals surface area contributed by atoms with Crippen molar-refractivity contribution in [3.8, 4) is 0 Å². The summed E-state index contributed by atoms with van der Waals surface area (Å²) in [7, 11) is 2.20. The zero-order valence-corrected chi connectivity index (χ0v) is 12.2. The lowest BCUT2D eigenvalue weighted by Crippen LogP contribution is -2.59. The molecule has 0 bridgehead atoms. The van der Waals surface area contributed by atoms with Gasteiger partial charge in [0.05, 0.1) is 0 Å². The largest absolute Gasteiger partial charge is 0.303 e. The predicted molar refractivity (Wildman–Crippen MR) is 74.7 cm³/mol. The standard InChI is InChI=1S/C15H28N2O/c1-14(2)11-17(10-9-16(14)3)12-15(13-18)7-5-4-6-8-15/h13H,4-12H2,1-3H3. The number of aldehydes is 1. The van der Waals surface area contributed by atoms with E-state index in [0.29, 0.717) is 0 Å². The summed E-state index contributed by atoms with van der Waals surface area (Å²) in [6.07, 6.45) is 7.24. The van der Waals surface area contributed by atoms with Gasteiger partial charge < -0.3 is 4.79 Å². The fourth-order valence-electron chi connectivity index (χ4n) is 3.49. The Hall–Kier alpha value is -0.410. The second kappa shape index (κ2) is 5.30. The summed E-state index contributed by atoms with van der Waals surface area (Å²) in [6, 6.07) is 0. The molecule has 18 heavy (non-hydrogen) atoms. The molecule has 3 nitrogen and oxygen atoms in total. The van der Waals surface area contributed by atoms with Crippen LogP contribution in [-0.2, 0) is 4.79 Å². The van der Waals surface area contributed by atoms with E-state index in [-0.39, 0.29) is 11.0 Å². The maximum absolute atomic E-state index is 11.5. The van der Waals surface area contributed by atoms with E-state index in [1.54, 1.807) is 0 Å². The second-order valence-corrected chi connectivity index (χ2v) is 6.99. The van der Waals surface area contributed by atoms with Gasteiger partial charge in [-0.1, -0.05) is 19.3 Å². The number of carbonyl (C=O) groups excluding carboxylic acids is 1. The van der Waals surface area contributed by atoms with Crippen LogP contribution in [0.5, 0.6) is 0 Å². The molecule has 1 aliphatic carbocycles. The van der Waals surface area contributed by atoms with E-state index in [2.05, 4.69) is 30.7 Å².